The molecule has 2 aromatic carbocycles. The zero-order valence-corrected chi connectivity index (χ0v) is 16.0. The van der Waals surface area contributed by atoms with E-state index in [0.717, 1.165) is 5.56 Å². The molecule has 1 atom stereocenters. The van der Waals surface area contributed by atoms with Gasteiger partial charge in [-0.1, -0.05) is 43.6 Å². The third-order valence-electron chi connectivity index (χ3n) is 3.85. The minimum Gasteiger partial charge on any atom is -0.481 e. The number of carbonyl (C=O) groups excluding carboxylic acids is 2. The summed E-state index contributed by atoms with van der Waals surface area (Å²) in [6.07, 6.45) is -0.716. The van der Waals surface area contributed by atoms with Crippen LogP contribution in [0.15, 0.2) is 42.5 Å². The van der Waals surface area contributed by atoms with Gasteiger partial charge in [-0.15, -0.1) is 0 Å². The maximum Gasteiger partial charge on any atom is 0.339 e. The van der Waals surface area contributed by atoms with Crippen molar-refractivity contribution in [2.45, 2.75) is 32.8 Å². The fourth-order valence-electron chi connectivity index (χ4n) is 2.42. The topological polar surface area (TPSA) is 64.6 Å². The number of para-hydroxylation sites is 1. The molecule has 26 heavy (non-hydrogen) atoms. The summed E-state index contributed by atoms with van der Waals surface area (Å²) in [4.78, 5) is 24.2. The van der Waals surface area contributed by atoms with Crippen molar-refractivity contribution in [1.82, 2.24) is 0 Å². The van der Waals surface area contributed by atoms with Crippen LogP contribution in [-0.4, -0.2) is 25.1 Å². The molecule has 1 amide bonds. The van der Waals surface area contributed by atoms with Gasteiger partial charge in [0.05, 0.1) is 17.7 Å². The molecule has 0 saturated heterocycles. The molecule has 1 N–H and O–H groups in total. The summed E-state index contributed by atoms with van der Waals surface area (Å²) in [6.45, 7) is 5.80. The summed E-state index contributed by atoms with van der Waals surface area (Å²) < 4.78 is 10.5. The Morgan fingerprint density at radius 2 is 1.77 bits per heavy atom. The Morgan fingerprint density at radius 3 is 2.42 bits per heavy atom. The van der Waals surface area contributed by atoms with Gasteiger partial charge in [0.1, 0.15) is 5.75 Å². The molecule has 0 aliphatic heterocycles. The van der Waals surface area contributed by atoms with E-state index in [-0.39, 0.29) is 22.4 Å². The molecule has 5 nitrogen and oxygen atoms in total. The summed E-state index contributed by atoms with van der Waals surface area (Å²) in [6, 6.07) is 12.2. The van der Waals surface area contributed by atoms with E-state index in [1.165, 1.54) is 19.2 Å². The first-order valence-electron chi connectivity index (χ1n) is 8.27. The van der Waals surface area contributed by atoms with Crippen LogP contribution in [0.4, 0.5) is 5.69 Å². The SMILES string of the molecule is COC(=O)c1cc(NC(=O)C(C)Oc2ccccc2C(C)C)ccc1Cl. The van der Waals surface area contributed by atoms with Crippen molar-refractivity contribution in [1.29, 1.82) is 0 Å². The zero-order chi connectivity index (χ0) is 19.3. The number of methoxy groups -OCH3 is 1. The van der Waals surface area contributed by atoms with Crippen LogP contribution >= 0.6 is 11.6 Å². The molecule has 0 bridgehead atoms. The maximum atomic E-state index is 12.4. The Bertz CT molecular complexity index is 804. The van der Waals surface area contributed by atoms with Gasteiger partial charge in [0, 0.05) is 5.69 Å². The Kier molecular flexibility index (Phi) is 6.64. The van der Waals surface area contributed by atoms with Gasteiger partial charge in [-0.3, -0.25) is 4.79 Å². The zero-order valence-electron chi connectivity index (χ0n) is 15.2. The van der Waals surface area contributed by atoms with Crippen molar-refractivity contribution in [2.75, 3.05) is 12.4 Å². The van der Waals surface area contributed by atoms with E-state index in [9.17, 15) is 9.59 Å². The van der Waals surface area contributed by atoms with Gasteiger partial charge in [-0.2, -0.15) is 0 Å². The summed E-state index contributed by atoms with van der Waals surface area (Å²) >= 11 is 5.99. The number of carbonyl (C=O) groups is 2. The van der Waals surface area contributed by atoms with Crippen molar-refractivity contribution in [3.63, 3.8) is 0 Å². The van der Waals surface area contributed by atoms with Gasteiger partial charge >= 0.3 is 5.97 Å². The Labute approximate surface area is 158 Å². The molecule has 138 valence electrons. The number of anilines is 1. The minimum absolute atomic E-state index is 0.186. The third kappa shape index (κ3) is 4.76. The summed E-state index contributed by atoms with van der Waals surface area (Å²) in [5.41, 5.74) is 1.66. The van der Waals surface area contributed by atoms with E-state index in [1.807, 2.05) is 24.3 Å². The third-order valence-corrected chi connectivity index (χ3v) is 4.18. The van der Waals surface area contributed by atoms with Gasteiger partial charge in [0.25, 0.3) is 5.91 Å². The van der Waals surface area contributed by atoms with E-state index in [0.29, 0.717) is 11.4 Å². The predicted octanol–water partition coefficient (Wildman–Crippen LogP) is 4.66. The number of benzene rings is 2. The summed E-state index contributed by atoms with van der Waals surface area (Å²) in [5.74, 6) is 0.0554. The standard InChI is InChI=1S/C20H22ClNO4/c1-12(2)15-7-5-6-8-18(15)26-13(3)19(23)22-14-9-10-17(21)16(11-14)20(24)25-4/h5-13H,1-4H3,(H,22,23). The van der Waals surface area contributed by atoms with Crippen molar-refractivity contribution in [2.24, 2.45) is 0 Å². The first-order chi connectivity index (χ1) is 12.3. The first-order valence-corrected chi connectivity index (χ1v) is 8.65. The largest absolute Gasteiger partial charge is 0.481 e. The van der Waals surface area contributed by atoms with Crippen LogP contribution in [0, 0.1) is 0 Å². The van der Waals surface area contributed by atoms with Crippen molar-refractivity contribution < 1.29 is 19.1 Å². The van der Waals surface area contributed by atoms with Gasteiger partial charge < -0.3 is 14.8 Å². The van der Waals surface area contributed by atoms with E-state index in [2.05, 4.69) is 23.9 Å². The lowest BCUT2D eigenvalue weighted by Crippen LogP contribution is -2.30. The lowest BCUT2D eigenvalue weighted by molar-refractivity contribution is -0.122. The Morgan fingerprint density at radius 1 is 1.08 bits per heavy atom. The highest BCUT2D eigenvalue weighted by Crippen LogP contribution is 2.27. The van der Waals surface area contributed by atoms with E-state index in [1.54, 1.807) is 13.0 Å². The second kappa shape index (κ2) is 8.72. The van der Waals surface area contributed by atoms with E-state index in [4.69, 9.17) is 16.3 Å². The first kappa shape index (κ1) is 19.8. The molecule has 0 heterocycles. The highest BCUT2D eigenvalue weighted by atomic mass is 35.5. The lowest BCUT2D eigenvalue weighted by Gasteiger charge is -2.19. The molecule has 0 fully saturated rings. The molecule has 0 saturated carbocycles. The van der Waals surface area contributed by atoms with Crippen LogP contribution in [0.1, 0.15) is 42.6 Å². The minimum atomic E-state index is -0.716. The van der Waals surface area contributed by atoms with Gasteiger partial charge in [0.2, 0.25) is 0 Å². The van der Waals surface area contributed by atoms with Gasteiger partial charge in [-0.05, 0) is 42.7 Å². The molecule has 2 aromatic rings. The smallest absolute Gasteiger partial charge is 0.339 e. The normalized spacial score (nSPS) is 11.8. The lowest BCUT2D eigenvalue weighted by atomic mass is 10.0. The molecule has 0 radical (unpaired) electrons. The highest BCUT2D eigenvalue weighted by molar-refractivity contribution is 6.33. The highest BCUT2D eigenvalue weighted by Gasteiger charge is 2.19. The molecule has 1 unspecified atom stereocenters. The molecule has 2 rings (SSSR count). The molecular formula is C20H22ClNO4. The van der Waals surface area contributed by atoms with Crippen molar-refractivity contribution >= 4 is 29.2 Å². The van der Waals surface area contributed by atoms with Crippen LogP contribution in [0.2, 0.25) is 5.02 Å². The Balaban J connectivity index is 2.12. The number of rotatable bonds is 6. The van der Waals surface area contributed by atoms with E-state index < -0.39 is 12.1 Å². The Hall–Kier alpha value is -2.53. The maximum absolute atomic E-state index is 12.4. The van der Waals surface area contributed by atoms with Gasteiger partial charge in [0.15, 0.2) is 6.10 Å². The number of hydrogen-bond donors (Lipinski definition) is 1. The van der Waals surface area contributed by atoms with Crippen LogP contribution in [-0.2, 0) is 9.53 Å². The number of esters is 1. The average molecular weight is 376 g/mol. The van der Waals surface area contributed by atoms with Crippen LogP contribution in [0.25, 0.3) is 0 Å². The number of halogens is 1. The average Bonchev–Trinajstić information content (AvgIpc) is 2.62. The molecule has 6 heteroatoms. The van der Waals surface area contributed by atoms with Gasteiger partial charge in [-0.25, -0.2) is 4.79 Å². The second-order valence-corrected chi connectivity index (χ2v) is 6.54. The quantitative estimate of drug-likeness (QED) is 0.746. The van der Waals surface area contributed by atoms with Crippen molar-refractivity contribution in [3.8, 4) is 5.75 Å². The molecule has 0 aliphatic rings. The fraction of sp³-hybridized carbons (Fsp3) is 0.300. The monoisotopic (exact) mass is 375 g/mol. The summed E-state index contributed by atoms with van der Waals surface area (Å²) in [7, 11) is 1.27. The van der Waals surface area contributed by atoms with E-state index >= 15 is 0 Å². The van der Waals surface area contributed by atoms with Crippen LogP contribution < -0.4 is 10.1 Å². The molecular weight excluding hydrogens is 354 g/mol. The van der Waals surface area contributed by atoms with Crippen LogP contribution in [0.5, 0.6) is 5.75 Å². The van der Waals surface area contributed by atoms with Crippen LogP contribution in [0.3, 0.4) is 0 Å². The number of nitrogens with one attached hydrogen (secondary N) is 1. The number of amides is 1. The summed E-state index contributed by atoms with van der Waals surface area (Å²) in [5, 5.41) is 2.98. The molecule has 0 aliphatic carbocycles. The van der Waals surface area contributed by atoms with Crippen molar-refractivity contribution in [3.05, 3.63) is 58.6 Å². The number of hydrogen-bond acceptors (Lipinski definition) is 4. The molecule has 0 spiro atoms. The second-order valence-electron chi connectivity index (χ2n) is 6.13. The fourth-order valence-corrected chi connectivity index (χ4v) is 2.62. The molecule has 0 aromatic heterocycles. The number of ether oxygens (including phenoxy) is 2. The predicted molar refractivity (Wildman–Crippen MR) is 102 cm³/mol.